The number of carbonyl (C=O) groups is 3. The fourth-order valence-electron chi connectivity index (χ4n) is 2.84. The van der Waals surface area contributed by atoms with Crippen LogP contribution < -0.4 is 5.32 Å². The molecule has 1 aromatic carbocycles. The molecule has 0 unspecified atom stereocenters. The maximum Gasteiger partial charge on any atom is 0.407 e. The lowest BCUT2D eigenvalue weighted by Crippen LogP contribution is -2.49. The van der Waals surface area contributed by atoms with Crippen molar-refractivity contribution in [2.45, 2.75) is 58.3 Å². The normalized spacial score (nSPS) is 17.4. The third kappa shape index (κ3) is 6.82. The molecule has 8 heteroatoms. The van der Waals surface area contributed by atoms with E-state index in [4.69, 9.17) is 14.2 Å². The first-order chi connectivity index (χ1) is 13.2. The largest absolute Gasteiger partial charge is 0.450 e. The van der Waals surface area contributed by atoms with Crippen LogP contribution in [0.4, 0.5) is 4.79 Å². The van der Waals surface area contributed by atoms with Crippen molar-refractivity contribution in [1.29, 1.82) is 0 Å². The summed E-state index contributed by atoms with van der Waals surface area (Å²) in [5.41, 5.74) is 0.944. The van der Waals surface area contributed by atoms with Crippen molar-refractivity contribution in [2.24, 2.45) is 5.92 Å². The summed E-state index contributed by atoms with van der Waals surface area (Å²) in [4.78, 5) is 36.7. The van der Waals surface area contributed by atoms with Gasteiger partial charge < -0.3 is 19.5 Å². The summed E-state index contributed by atoms with van der Waals surface area (Å²) < 4.78 is 16.4. The van der Waals surface area contributed by atoms with Crippen LogP contribution in [0, 0.1) is 5.92 Å². The highest BCUT2D eigenvalue weighted by Gasteiger charge is 2.44. The summed E-state index contributed by atoms with van der Waals surface area (Å²) >= 11 is 3.38. The molecule has 0 aliphatic carbocycles. The second-order valence-corrected chi connectivity index (χ2v) is 8.11. The fourth-order valence-corrected chi connectivity index (χ4v) is 3.10. The Bertz CT molecular complexity index is 683. The molecule has 1 aromatic rings. The van der Waals surface area contributed by atoms with Crippen molar-refractivity contribution in [3.8, 4) is 0 Å². The number of halogens is 1. The molecule has 1 aliphatic rings. The zero-order valence-electron chi connectivity index (χ0n) is 16.3. The van der Waals surface area contributed by atoms with Crippen LogP contribution >= 0.6 is 15.9 Å². The second-order valence-electron chi connectivity index (χ2n) is 7.19. The second kappa shape index (κ2) is 9.91. The number of alkyl carbamates (subject to hydrolysis) is 1. The summed E-state index contributed by atoms with van der Waals surface area (Å²) in [6.45, 7) is 5.32. The molecule has 28 heavy (non-hydrogen) atoms. The van der Waals surface area contributed by atoms with Crippen molar-refractivity contribution >= 4 is 34.0 Å². The molecular formula is C20H26BrNO6. The number of benzene rings is 1. The molecule has 154 valence electrons. The minimum atomic E-state index is -1.28. The van der Waals surface area contributed by atoms with Gasteiger partial charge in [0.15, 0.2) is 5.92 Å². The van der Waals surface area contributed by atoms with Crippen LogP contribution in [-0.4, -0.2) is 36.5 Å². The van der Waals surface area contributed by atoms with Crippen LogP contribution in [0.15, 0.2) is 28.7 Å². The van der Waals surface area contributed by atoms with Gasteiger partial charge in [-0.05, 0) is 37.0 Å². The Morgan fingerprint density at radius 2 is 1.82 bits per heavy atom. The Morgan fingerprint density at radius 1 is 1.21 bits per heavy atom. The van der Waals surface area contributed by atoms with Gasteiger partial charge in [-0.15, -0.1) is 0 Å². The van der Waals surface area contributed by atoms with E-state index < -0.39 is 35.8 Å². The van der Waals surface area contributed by atoms with Crippen LogP contribution in [0.1, 0.15) is 45.6 Å². The maximum atomic E-state index is 12.3. The minimum Gasteiger partial charge on any atom is -0.450 e. The third-order valence-corrected chi connectivity index (χ3v) is 4.76. The first kappa shape index (κ1) is 22.2. The van der Waals surface area contributed by atoms with E-state index in [1.165, 1.54) is 13.8 Å². The Hall–Kier alpha value is -2.09. The van der Waals surface area contributed by atoms with Gasteiger partial charge in [0.25, 0.3) is 5.79 Å². The van der Waals surface area contributed by atoms with Gasteiger partial charge in [-0.1, -0.05) is 41.4 Å². The minimum absolute atomic E-state index is 0.0622. The Morgan fingerprint density at radius 3 is 2.39 bits per heavy atom. The van der Waals surface area contributed by atoms with Crippen molar-refractivity contribution in [1.82, 2.24) is 5.32 Å². The topological polar surface area (TPSA) is 90.9 Å². The molecule has 0 saturated carbocycles. The van der Waals surface area contributed by atoms with Crippen molar-refractivity contribution < 1.29 is 28.6 Å². The summed E-state index contributed by atoms with van der Waals surface area (Å²) in [5, 5.41) is 2.76. The number of nitrogens with one attached hydrogen (secondary N) is 1. The standard InChI is InChI=1S/C20H26BrNO6/c1-4-5-10-26-19(25)22-15(11-13-6-8-14(21)9-7-13)12-16-17(23)27-20(2,3)28-18(16)24/h6-9,15-16H,4-5,10-12H2,1-3H3,(H,22,25)/t15-/m1/s1. The number of rotatable bonds is 8. The average molecular weight is 456 g/mol. The number of hydrogen-bond donors (Lipinski definition) is 1. The number of esters is 2. The fraction of sp³-hybridized carbons (Fsp3) is 0.550. The van der Waals surface area contributed by atoms with Crippen LogP contribution in [0.2, 0.25) is 0 Å². The van der Waals surface area contributed by atoms with Gasteiger partial charge in [0.05, 0.1) is 6.61 Å². The Balaban J connectivity index is 2.08. The van der Waals surface area contributed by atoms with Crippen LogP contribution in [-0.2, 0) is 30.2 Å². The van der Waals surface area contributed by atoms with Gasteiger partial charge in [0, 0.05) is 24.4 Å². The molecule has 0 aromatic heterocycles. The molecule has 7 nitrogen and oxygen atoms in total. The summed E-state index contributed by atoms with van der Waals surface area (Å²) in [6, 6.07) is 7.08. The first-order valence-electron chi connectivity index (χ1n) is 9.33. The summed E-state index contributed by atoms with van der Waals surface area (Å²) in [7, 11) is 0. The molecule has 0 spiro atoms. The van der Waals surface area contributed by atoms with Crippen LogP contribution in [0.5, 0.6) is 0 Å². The third-order valence-electron chi connectivity index (χ3n) is 4.23. The molecule has 2 rings (SSSR count). The number of ether oxygens (including phenoxy) is 3. The van der Waals surface area contributed by atoms with Gasteiger partial charge in [-0.2, -0.15) is 0 Å². The predicted molar refractivity (Wildman–Crippen MR) is 105 cm³/mol. The first-order valence-corrected chi connectivity index (χ1v) is 10.1. The van der Waals surface area contributed by atoms with Crippen LogP contribution in [0.3, 0.4) is 0 Å². The number of cyclic esters (lactones) is 2. The molecule has 1 N–H and O–H groups in total. The van der Waals surface area contributed by atoms with E-state index in [1.54, 1.807) is 0 Å². The lowest BCUT2D eigenvalue weighted by Gasteiger charge is -2.34. The van der Waals surface area contributed by atoms with E-state index in [0.717, 1.165) is 22.9 Å². The van der Waals surface area contributed by atoms with E-state index in [-0.39, 0.29) is 6.42 Å². The van der Waals surface area contributed by atoms with E-state index >= 15 is 0 Å². The Labute approximate surface area is 173 Å². The van der Waals surface area contributed by atoms with Gasteiger partial charge in [-0.25, -0.2) is 4.79 Å². The molecule has 1 atom stereocenters. The van der Waals surface area contributed by atoms with Gasteiger partial charge in [0.2, 0.25) is 0 Å². The van der Waals surface area contributed by atoms with E-state index in [1.807, 2.05) is 31.2 Å². The zero-order chi connectivity index (χ0) is 20.7. The van der Waals surface area contributed by atoms with Gasteiger partial charge in [-0.3, -0.25) is 9.59 Å². The molecule has 1 amide bonds. The van der Waals surface area contributed by atoms with Gasteiger partial charge >= 0.3 is 18.0 Å². The molecule has 0 radical (unpaired) electrons. The van der Waals surface area contributed by atoms with Crippen molar-refractivity contribution in [3.05, 3.63) is 34.3 Å². The number of unbranched alkanes of at least 4 members (excludes halogenated alkanes) is 1. The molecular weight excluding hydrogens is 430 g/mol. The van der Waals surface area contributed by atoms with Crippen molar-refractivity contribution in [3.63, 3.8) is 0 Å². The molecule has 1 heterocycles. The number of carbonyl (C=O) groups excluding carboxylic acids is 3. The predicted octanol–water partition coefficient (Wildman–Crippen LogP) is 3.73. The summed E-state index contributed by atoms with van der Waals surface area (Å²) in [6.07, 6.45) is 1.59. The highest BCUT2D eigenvalue weighted by Crippen LogP contribution is 2.26. The summed E-state index contributed by atoms with van der Waals surface area (Å²) in [5.74, 6) is -3.67. The SMILES string of the molecule is CCCCOC(=O)N[C@H](Cc1ccc(Br)cc1)CC1C(=O)OC(C)(C)OC1=O. The highest BCUT2D eigenvalue weighted by atomic mass is 79.9. The van der Waals surface area contributed by atoms with E-state index in [0.29, 0.717) is 13.0 Å². The maximum absolute atomic E-state index is 12.3. The zero-order valence-corrected chi connectivity index (χ0v) is 17.9. The highest BCUT2D eigenvalue weighted by molar-refractivity contribution is 9.10. The van der Waals surface area contributed by atoms with Gasteiger partial charge in [0.1, 0.15) is 0 Å². The smallest absolute Gasteiger partial charge is 0.407 e. The number of hydrogen-bond acceptors (Lipinski definition) is 6. The Kier molecular flexibility index (Phi) is 7.86. The van der Waals surface area contributed by atoms with Crippen LogP contribution in [0.25, 0.3) is 0 Å². The lowest BCUT2D eigenvalue weighted by molar-refractivity contribution is -0.240. The van der Waals surface area contributed by atoms with E-state index in [2.05, 4.69) is 21.2 Å². The number of amides is 1. The average Bonchev–Trinajstić information content (AvgIpc) is 2.59. The monoisotopic (exact) mass is 455 g/mol. The quantitative estimate of drug-likeness (QED) is 0.364. The lowest BCUT2D eigenvalue weighted by atomic mass is 9.94. The molecule has 0 bridgehead atoms. The molecule has 1 aliphatic heterocycles. The molecule has 1 saturated heterocycles. The van der Waals surface area contributed by atoms with Crippen molar-refractivity contribution in [2.75, 3.05) is 6.61 Å². The van der Waals surface area contributed by atoms with E-state index in [9.17, 15) is 14.4 Å². The molecule has 1 fully saturated rings.